The Morgan fingerprint density at radius 2 is 2.07 bits per heavy atom. The van der Waals surface area contributed by atoms with Crippen LogP contribution in [-0.2, 0) is 9.53 Å². The summed E-state index contributed by atoms with van der Waals surface area (Å²) in [6.07, 6.45) is 8.90. The molecular weight excluding hydrogens is 176 g/mol. The van der Waals surface area contributed by atoms with Gasteiger partial charge in [-0.05, 0) is 25.3 Å². The van der Waals surface area contributed by atoms with Gasteiger partial charge in [0.15, 0.2) is 0 Å². The molecule has 78 valence electrons. The number of hydrogen-bond acceptors (Lipinski definition) is 2. The van der Waals surface area contributed by atoms with Gasteiger partial charge in [0.1, 0.15) is 5.76 Å². The number of fused-ring (bicyclic) bond motifs is 1. The first-order valence-corrected chi connectivity index (χ1v) is 5.74. The number of rotatable bonds is 2. The molecule has 2 fully saturated rings. The Morgan fingerprint density at radius 3 is 2.79 bits per heavy atom. The van der Waals surface area contributed by atoms with Crippen molar-refractivity contribution in [3.8, 4) is 0 Å². The molecule has 0 aromatic carbocycles. The summed E-state index contributed by atoms with van der Waals surface area (Å²) in [5, 5.41) is 0. The molecule has 14 heavy (non-hydrogen) atoms. The fourth-order valence-corrected chi connectivity index (χ4v) is 2.50. The molecule has 0 aromatic heterocycles. The fraction of sp³-hybridized carbons (Fsp3) is 0.750. The predicted octanol–water partition coefficient (Wildman–Crippen LogP) is 3.03. The Morgan fingerprint density at radius 1 is 1.36 bits per heavy atom. The lowest BCUT2D eigenvalue weighted by Gasteiger charge is -2.20. The van der Waals surface area contributed by atoms with Crippen LogP contribution in [0.1, 0.15) is 45.4 Å². The minimum atomic E-state index is 0.0250. The number of cyclic esters (lactones) is 1. The number of esters is 1. The molecule has 0 N–H and O–H groups in total. The molecule has 1 aliphatic heterocycles. The second-order valence-corrected chi connectivity index (χ2v) is 4.31. The van der Waals surface area contributed by atoms with Gasteiger partial charge in [-0.25, -0.2) is 0 Å². The Labute approximate surface area is 85.3 Å². The van der Waals surface area contributed by atoms with Gasteiger partial charge < -0.3 is 4.74 Å². The number of carbonyl (C=O) groups excluding carboxylic acids is 1. The predicted molar refractivity (Wildman–Crippen MR) is 54.5 cm³/mol. The molecule has 2 nitrogen and oxygen atoms in total. The maximum atomic E-state index is 11.5. The van der Waals surface area contributed by atoms with Gasteiger partial charge in [0, 0.05) is 5.92 Å². The second kappa shape index (κ2) is 4.16. The van der Waals surface area contributed by atoms with E-state index in [0.717, 1.165) is 31.4 Å². The van der Waals surface area contributed by atoms with Gasteiger partial charge in [-0.1, -0.05) is 26.2 Å². The highest BCUT2D eigenvalue weighted by Gasteiger charge is 2.41. The molecule has 0 amide bonds. The number of carbonyl (C=O) groups is 1. The zero-order valence-corrected chi connectivity index (χ0v) is 8.79. The zero-order valence-electron chi connectivity index (χ0n) is 8.79. The van der Waals surface area contributed by atoms with Crippen LogP contribution in [0, 0.1) is 11.8 Å². The summed E-state index contributed by atoms with van der Waals surface area (Å²) in [7, 11) is 0. The molecular formula is C12H18O2. The standard InChI is InChI=1S/C12H18O2/c1-2-3-8-11-9-6-4-5-7-10(9)12(13)14-11/h8-10H,2-7H2,1H3. The van der Waals surface area contributed by atoms with Crippen molar-refractivity contribution in [3.05, 3.63) is 11.8 Å². The molecule has 0 spiro atoms. The molecule has 1 aliphatic carbocycles. The average molecular weight is 194 g/mol. The van der Waals surface area contributed by atoms with Crippen molar-refractivity contribution < 1.29 is 9.53 Å². The molecule has 0 radical (unpaired) electrons. The summed E-state index contributed by atoms with van der Waals surface area (Å²) in [4.78, 5) is 11.5. The van der Waals surface area contributed by atoms with Crippen LogP contribution in [-0.4, -0.2) is 5.97 Å². The van der Waals surface area contributed by atoms with Crippen molar-refractivity contribution in [1.82, 2.24) is 0 Å². The number of hydrogen-bond donors (Lipinski definition) is 0. The van der Waals surface area contributed by atoms with Gasteiger partial charge in [-0.15, -0.1) is 0 Å². The third-order valence-corrected chi connectivity index (χ3v) is 3.29. The first-order valence-electron chi connectivity index (χ1n) is 5.74. The normalized spacial score (nSPS) is 34.4. The summed E-state index contributed by atoms with van der Waals surface area (Å²) in [5.41, 5.74) is 0. The Balaban J connectivity index is 2.09. The Kier molecular flexibility index (Phi) is 2.90. The topological polar surface area (TPSA) is 26.3 Å². The second-order valence-electron chi connectivity index (χ2n) is 4.31. The van der Waals surface area contributed by atoms with Crippen molar-refractivity contribution in [2.24, 2.45) is 11.8 Å². The van der Waals surface area contributed by atoms with E-state index in [1.54, 1.807) is 0 Å². The van der Waals surface area contributed by atoms with Gasteiger partial charge in [-0.2, -0.15) is 0 Å². The van der Waals surface area contributed by atoms with Gasteiger partial charge in [-0.3, -0.25) is 4.79 Å². The Hall–Kier alpha value is -0.790. The van der Waals surface area contributed by atoms with Crippen LogP contribution in [0.25, 0.3) is 0 Å². The monoisotopic (exact) mass is 194 g/mol. The lowest BCUT2D eigenvalue weighted by Crippen LogP contribution is -2.19. The van der Waals surface area contributed by atoms with Crippen molar-refractivity contribution >= 4 is 5.97 Å². The van der Waals surface area contributed by atoms with Crippen LogP contribution >= 0.6 is 0 Å². The molecule has 2 rings (SSSR count). The molecule has 0 bridgehead atoms. The van der Waals surface area contributed by atoms with Crippen molar-refractivity contribution in [3.63, 3.8) is 0 Å². The third kappa shape index (κ3) is 1.70. The maximum absolute atomic E-state index is 11.5. The SMILES string of the molecule is CCCC=C1OC(=O)C2CCCCC12. The van der Waals surface area contributed by atoms with E-state index < -0.39 is 0 Å². The molecule has 1 heterocycles. The van der Waals surface area contributed by atoms with Gasteiger partial charge in [0.05, 0.1) is 5.92 Å². The van der Waals surface area contributed by atoms with Crippen LogP contribution in [0.3, 0.4) is 0 Å². The van der Waals surface area contributed by atoms with Gasteiger partial charge >= 0.3 is 5.97 Å². The van der Waals surface area contributed by atoms with Gasteiger partial charge in [0.25, 0.3) is 0 Å². The average Bonchev–Trinajstić information content (AvgIpc) is 2.54. The maximum Gasteiger partial charge on any atom is 0.314 e. The van der Waals surface area contributed by atoms with E-state index in [0.29, 0.717) is 5.92 Å². The van der Waals surface area contributed by atoms with Crippen molar-refractivity contribution in [1.29, 1.82) is 0 Å². The zero-order chi connectivity index (χ0) is 9.97. The first kappa shape index (κ1) is 9.75. The highest BCUT2D eigenvalue weighted by molar-refractivity contribution is 5.77. The summed E-state index contributed by atoms with van der Waals surface area (Å²) in [6.45, 7) is 2.15. The third-order valence-electron chi connectivity index (χ3n) is 3.29. The minimum Gasteiger partial charge on any atom is -0.431 e. The number of ether oxygens (including phenoxy) is 1. The molecule has 2 heteroatoms. The molecule has 0 aromatic rings. The number of unbranched alkanes of at least 4 members (excludes halogenated alkanes) is 1. The summed E-state index contributed by atoms with van der Waals surface area (Å²) < 4.78 is 5.33. The fourth-order valence-electron chi connectivity index (χ4n) is 2.50. The number of allylic oxidation sites excluding steroid dienone is 2. The van der Waals surface area contributed by atoms with Crippen LogP contribution in [0.15, 0.2) is 11.8 Å². The van der Waals surface area contributed by atoms with Crippen LogP contribution in [0.5, 0.6) is 0 Å². The molecule has 1 saturated carbocycles. The van der Waals surface area contributed by atoms with E-state index in [1.807, 2.05) is 0 Å². The van der Waals surface area contributed by atoms with E-state index in [-0.39, 0.29) is 11.9 Å². The highest BCUT2D eigenvalue weighted by Crippen LogP contribution is 2.41. The van der Waals surface area contributed by atoms with E-state index in [4.69, 9.17) is 4.74 Å². The lowest BCUT2D eigenvalue weighted by molar-refractivity contribution is -0.139. The highest BCUT2D eigenvalue weighted by atomic mass is 16.5. The molecule has 2 aliphatic rings. The minimum absolute atomic E-state index is 0.0250. The van der Waals surface area contributed by atoms with E-state index in [2.05, 4.69) is 13.0 Å². The summed E-state index contributed by atoms with van der Waals surface area (Å²) in [5.74, 6) is 1.60. The van der Waals surface area contributed by atoms with Crippen molar-refractivity contribution in [2.45, 2.75) is 45.4 Å². The Bertz CT molecular complexity index is 255. The first-order chi connectivity index (χ1) is 6.83. The smallest absolute Gasteiger partial charge is 0.314 e. The quantitative estimate of drug-likeness (QED) is 0.631. The van der Waals surface area contributed by atoms with Crippen LogP contribution < -0.4 is 0 Å². The molecule has 2 unspecified atom stereocenters. The summed E-state index contributed by atoms with van der Waals surface area (Å²) in [6, 6.07) is 0. The van der Waals surface area contributed by atoms with Crippen LogP contribution in [0.2, 0.25) is 0 Å². The molecule has 2 atom stereocenters. The van der Waals surface area contributed by atoms with E-state index in [1.165, 1.54) is 12.8 Å². The summed E-state index contributed by atoms with van der Waals surface area (Å²) >= 11 is 0. The van der Waals surface area contributed by atoms with E-state index in [9.17, 15) is 4.79 Å². The van der Waals surface area contributed by atoms with Crippen LogP contribution in [0.4, 0.5) is 0 Å². The van der Waals surface area contributed by atoms with Crippen molar-refractivity contribution in [2.75, 3.05) is 0 Å². The van der Waals surface area contributed by atoms with Gasteiger partial charge in [0.2, 0.25) is 0 Å². The van der Waals surface area contributed by atoms with E-state index >= 15 is 0 Å². The lowest BCUT2D eigenvalue weighted by atomic mass is 9.80. The molecule has 1 saturated heterocycles. The largest absolute Gasteiger partial charge is 0.431 e.